The van der Waals surface area contributed by atoms with Gasteiger partial charge >= 0.3 is 5.69 Å². The molecule has 2 rings (SSSR count). The predicted molar refractivity (Wildman–Crippen MR) is 96.8 cm³/mol. The molecule has 2 aromatic rings. The van der Waals surface area contributed by atoms with Gasteiger partial charge in [0.1, 0.15) is 5.75 Å². The number of benzene rings is 2. The van der Waals surface area contributed by atoms with Gasteiger partial charge in [0, 0.05) is 6.07 Å². The number of anilines is 1. The Hall–Kier alpha value is -2.61. The lowest BCUT2D eigenvalue weighted by Gasteiger charge is -2.19. The summed E-state index contributed by atoms with van der Waals surface area (Å²) < 4.78 is 30.3. The van der Waals surface area contributed by atoms with Crippen molar-refractivity contribution in [2.45, 2.75) is 26.2 Å². The standard InChI is InChI=1S/C17H20N2O5S/c1-17(2,3)12-5-8-14(9-6-12)24-16-10-7-13(18-25(4,22)23)11-15(16)19(20)21/h5-11,18H,1-4H3. The first-order chi connectivity index (χ1) is 11.5. The minimum absolute atomic E-state index is 0.0104. The zero-order valence-corrected chi connectivity index (χ0v) is 15.3. The van der Waals surface area contributed by atoms with Crippen LogP contribution < -0.4 is 9.46 Å². The molecule has 0 unspecified atom stereocenters. The van der Waals surface area contributed by atoms with E-state index in [1.165, 1.54) is 12.1 Å². The van der Waals surface area contributed by atoms with Crippen LogP contribution in [0.15, 0.2) is 42.5 Å². The van der Waals surface area contributed by atoms with Crippen LogP contribution in [0.2, 0.25) is 0 Å². The predicted octanol–water partition coefficient (Wildman–Crippen LogP) is 4.06. The van der Waals surface area contributed by atoms with E-state index in [0.29, 0.717) is 5.75 Å². The fourth-order valence-corrected chi connectivity index (χ4v) is 2.73. The number of nitro groups is 1. The molecule has 0 saturated heterocycles. The summed E-state index contributed by atoms with van der Waals surface area (Å²) in [5.41, 5.74) is 0.879. The van der Waals surface area contributed by atoms with Crippen LogP contribution in [0.25, 0.3) is 0 Å². The van der Waals surface area contributed by atoms with Gasteiger partial charge in [-0.2, -0.15) is 0 Å². The van der Waals surface area contributed by atoms with Crippen LogP contribution in [0.4, 0.5) is 11.4 Å². The molecule has 0 bridgehead atoms. The van der Waals surface area contributed by atoms with Crippen LogP contribution in [0.1, 0.15) is 26.3 Å². The molecule has 134 valence electrons. The number of sulfonamides is 1. The number of rotatable bonds is 5. The Morgan fingerprint density at radius 3 is 2.16 bits per heavy atom. The van der Waals surface area contributed by atoms with E-state index >= 15 is 0 Å². The van der Waals surface area contributed by atoms with Crippen LogP contribution in [0.5, 0.6) is 11.5 Å². The molecule has 7 nitrogen and oxygen atoms in total. The molecule has 0 aromatic heterocycles. The van der Waals surface area contributed by atoms with Crippen molar-refractivity contribution >= 4 is 21.4 Å². The highest BCUT2D eigenvalue weighted by Crippen LogP contribution is 2.34. The first-order valence-electron chi connectivity index (χ1n) is 7.50. The van der Waals surface area contributed by atoms with Gasteiger partial charge < -0.3 is 4.74 Å². The lowest BCUT2D eigenvalue weighted by atomic mass is 9.87. The summed E-state index contributed by atoms with van der Waals surface area (Å²) >= 11 is 0. The third kappa shape index (κ3) is 5.18. The first kappa shape index (κ1) is 18.7. The van der Waals surface area contributed by atoms with Crippen LogP contribution in [0, 0.1) is 10.1 Å². The topological polar surface area (TPSA) is 98.5 Å². The summed E-state index contributed by atoms with van der Waals surface area (Å²) in [5, 5.41) is 11.3. The Labute approximate surface area is 146 Å². The van der Waals surface area contributed by atoms with Gasteiger partial charge in [-0.3, -0.25) is 14.8 Å². The molecule has 0 heterocycles. The van der Waals surface area contributed by atoms with E-state index in [9.17, 15) is 18.5 Å². The van der Waals surface area contributed by atoms with Crippen molar-refractivity contribution < 1.29 is 18.1 Å². The summed E-state index contributed by atoms with van der Waals surface area (Å²) in [6.45, 7) is 6.25. The summed E-state index contributed by atoms with van der Waals surface area (Å²) in [6.07, 6.45) is 0.972. The third-order valence-corrected chi connectivity index (χ3v) is 4.01. The van der Waals surface area contributed by atoms with Gasteiger partial charge in [0.15, 0.2) is 0 Å². The van der Waals surface area contributed by atoms with E-state index in [2.05, 4.69) is 25.5 Å². The lowest BCUT2D eigenvalue weighted by molar-refractivity contribution is -0.385. The molecule has 2 aromatic carbocycles. The van der Waals surface area contributed by atoms with E-state index in [-0.39, 0.29) is 22.5 Å². The molecular formula is C17H20N2O5S. The average Bonchev–Trinajstić information content (AvgIpc) is 2.46. The first-order valence-corrected chi connectivity index (χ1v) is 9.39. The molecule has 25 heavy (non-hydrogen) atoms. The number of ether oxygens (including phenoxy) is 1. The highest BCUT2D eigenvalue weighted by molar-refractivity contribution is 7.92. The molecule has 0 saturated carbocycles. The maximum Gasteiger partial charge on any atom is 0.313 e. The van der Waals surface area contributed by atoms with Gasteiger partial charge in [-0.05, 0) is 35.2 Å². The Bertz CT molecular complexity index is 884. The molecule has 0 aliphatic carbocycles. The van der Waals surface area contributed by atoms with Crippen molar-refractivity contribution in [3.05, 3.63) is 58.1 Å². The maximum atomic E-state index is 11.3. The second kappa shape index (κ2) is 6.72. The van der Waals surface area contributed by atoms with E-state index in [1.807, 2.05) is 12.1 Å². The number of nitrogens with one attached hydrogen (secondary N) is 1. The van der Waals surface area contributed by atoms with Gasteiger partial charge in [-0.1, -0.05) is 32.9 Å². The lowest BCUT2D eigenvalue weighted by Crippen LogP contribution is -2.10. The Morgan fingerprint density at radius 1 is 1.08 bits per heavy atom. The van der Waals surface area contributed by atoms with E-state index < -0.39 is 14.9 Å². The monoisotopic (exact) mass is 364 g/mol. The second-order valence-electron chi connectivity index (χ2n) is 6.69. The van der Waals surface area contributed by atoms with Gasteiger partial charge in [0.25, 0.3) is 0 Å². The van der Waals surface area contributed by atoms with Crippen molar-refractivity contribution in [2.24, 2.45) is 0 Å². The molecule has 0 atom stereocenters. The van der Waals surface area contributed by atoms with Crippen LogP contribution in [-0.4, -0.2) is 19.6 Å². The normalized spacial score (nSPS) is 11.8. The van der Waals surface area contributed by atoms with Crippen molar-refractivity contribution in [3.8, 4) is 11.5 Å². The Balaban J connectivity index is 2.31. The smallest absolute Gasteiger partial charge is 0.313 e. The van der Waals surface area contributed by atoms with Gasteiger partial charge in [-0.15, -0.1) is 0 Å². The number of nitro benzene ring substituents is 1. The summed E-state index contributed by atoms with van der Waals surface area (Å²) in [6, 6.07) is 11.2. The molecule has 0 fully saturated rings. The number of hydrogen-bond donors (Lipinski definition) is 1. The van der Waals surface area contributed by atoms with Crippen molar-refractivity contribution in [3.63, 3.8) is 0 Å². The minimum atomic E-state index is -3.52. The van der Waals surface area contributed by atoms with Crippen LogP contribution >= 0.6 is 0 Å². The molecule has 0 aliphatic heterocycles. The average molecular weight is 364 g/mol. The van der Waals surface area contributed by atoms with E-state index in [4.69, 9.17) is 4.74 Å². The molecule has 8 heteroatoms. The highest BCUT2D eigenvalue weighted by Gasteiger charge is 2.19. The zero-order valence-electron chi connectivity index (χ0n) is 14.4. The highest BCUT2D eigenvalue weighted by atomic mass is 32.2. The van der Waals surface area contributed by atoms with Crippen molar-refractivity contribution in [2.75, 3.05) is 11.0 Å². The second-order valence-corrected chi connectivity index (χ2v) is 8.44. The Kier molecular flexibility index (Phi) is 5.03. The molecule has 0 radical (unpaired) electrons. The summed E-state index contributed by atoms with van der Waals surface area (Å²) in [4.78, 5) is 10.6. The molecule has 0 aliphatic rings. The van der Waals surface area contributed by atoms with Crippen molar-refractivity contribution in [1.82, 2.24) is 0 Å². The number of nitrogens with zero attached hydrogens (tertiary/aromatic N) is 1. The fraction of sp³-hybridized carbons (Fsp3) is 0.294. The van der Waals surface area contributed by atoms with E-state index in [0.717, 1.165) is 17.9 Å². The Morgan fingerprint density at radius 2 is 1.68 bits per heavy atom. The maximum absolute atomic E-state index is 11.3. The molecule has 1 N–H and O–H groups in total. The van der Waals surface area contributed by atoms with Crippen LogP contribution in [0.3, 0.4) is 0 Å². The molecular weight excluding hydrogens is 344 g/mol. The SMILES string of the molecule is CC(C)(C)c1ccc(Oc2ccc(NS(C)(=O)=O)cc2[N+](=O)[O-])cc1. The number of hydrogen-bond acceptors (Lipinski definition) is 5. The van der Waals surface area contributed by atoms with Gasteiger partial charge in [0.2, 0.25) is 15.8 Å². The molecule has 0 amide bonds. The zero-order chi connectivity index (χ0) is 18.8. The van der Waals surface area contributed by atoms with E-state index in [1.54, 1.807) is 12.1 Å². The van der Waals surface area contributed by atoms with Crippen molar-refractivity contribution in [1.29, 1.82) is 0 Å². The summed E-state index contributed by atoms with van der Waals surface area (Å²) in [5.74, 6) is 0.493. The largest absolute Gasteiger partial charge is 0.450 e. The molecule has 0 spiro atoms. The van der Waals surface area contributed by atoms with Crippen LogP contribution in [-0.2, 0) is 15.4 Å². The third-order valence-electron chi connectivity index (χ3n) is 3.41. The fourth-order valence-electron chi connectivity index (χ4n) is 2.17. The minimum Gasteiger partial charge on any atom is -0.450 e. The summed E-state index contributed by atoms with van der Waals surface area (Å²) in [7, 11) is -3.52. The van der Waals surface area contributed by atoms with Gasteiger partial charge in [0.05, 0.1) is 16.9 Å². The quantitative estimate of drug-likeness (QED) is 0.637. The van der Waals surface area contributed by atoms with Gasteiger partial charge in [-0.25, -0.2) is 8.42 Å².